The second-order valence-electron chi connectivity index (χ2n) is 4.17. The van der Waals surface area contributed by atoms with Crippen LogP contribution in [0.1, 0.15) is 5.56 Å². The molecule has 21 heavy (non-hydrogen) atoms. The van der Waals surface area contributed by atoms with Gasteiger partial charge in [0.15, 0.2) is 0 Å². The number of nitrogens with one attached hydrogen (secondary N) is 1. The van der Waals surface area contributed by atoms with E-state index in [1.54, 1.807) is 18.2 Å². The van der Waals surface area contributed by atoms with E-state index >= 15 is 0 Å². The lowest BCUT2D eigenvalue weighted by Crippen LogP contribution is -2.01. The van der Waals surface area contributed by atoms with Crippen LogP contribution in [0.15, 0.2) is 34.8 Å². The highest BCUT2D eigenvalue weighted by molar-refractivity contribution is 9.10. The second kappa shape index (κ2) is 6.83. The van der Waals surface area contributed by atoms with Gasteiger partial charge < -0.3 is 5.32 Å². The SMILES string of the molecule is O=[N+]([O-])c1cc(Br)cc(CNc2c(Cl)cc(Cl)cc2Cl)c1. The number of nitro groups is 1. The summed E-state index contributed by atoms with van der Waals surface area (Å²) in [4.78, 5) is 10.4. The molecule has 0 aromatic heterocycles. The van der Waals surface area contributed by atoms with E-state index in [4.69, 9.17) is 34.8 Å². The van der Waals surface area contributed by atoms with E-state index in [1.165, 1.54) is 12.1 Å². The third-order valence-corrected chi connectivity index (χ3v) is 3.90. The Morgan fingerprint density at radius 3 is 2.29 bits per heavy atom. The zero-order valence-electron chi connectivity index (χ0n) is 10.4. The number of halogens is 4. The molecule has 2 aromatic rings. The summed E-state index contributed by atoms with van der Waals surface area (Å²) in [6, 6.07) is 7.83. The molecule has 0 aliphatic rings. The van der Waals surface area contributed by atoms with Gasteiger partial charge in [0.25, 0.3) is 5.69 Å². The molecule has 8 heteroatoms. The quantitative estimate of drug-likeness (QED) is 0.502. The fourth-order valence-electron chi connectivity index (χ4n) is 1.74. The smallest absolute Gasteiger partial charge is 0.270 e. The predicted octanol–water partition coefficient (Wildman–Crippen LogP) is 5.93. The molecule has 0 heterocycles. The van der Waals surface area contributed by atoms with Gasteiger partial charge in [-0.1, -0.05) is 50.7 Å². The Kier molecular flexibility index (Phi) is 5.32. The van der Waals surface area contributed by atoms with E-state index in [9.17, 15) is 10.1 Å². The van der Waals surface area contributed by atoms with E-state index in [0.717, 1.165) is 5.56 Å². The van der Waals surface area contributed by atoms with Crippen LogP contribution in [0.4, 0.5) is 11.4 Å². The van der Waals surface area contributed by atoms with Crippen LogP contribution in [0.5, 0.6) is 0 Å². The average molecular weight is 410 g/mol. The van der Waals surface area contributed by atoms with E-state index in [2.05, 4.69) is 21.2 Å². The number of non-ortho nitro benzene ring substituents is 1. The first-order valence-corrected chi connectivity index (χ1v) is 7.62. The third-order valence-electron chi connectivity index (χ3n) is 2.63. The van der Waals surface area contributed by atoms with Crippen LogP contribution < -0.4 is 5.32 Å². The van der Waals surface area contributed by atoms with Gasteiger partial charge >= 0.3 is 0 Å². The number of nitrogens with zero attached hydrogens (tertiary/aromatic N) is 1. The molecule has 2 aromatic carbocycles. The lowest BCUT2D eigenvalue weighted by molar-refractivity contribution is -0.385. The molecule has 0 radical (unpaired) electrons. The normalized spacial score (nSPS) is 10.5. The van der Waals surface area contributed by atoms with Crippen molar-refractivity contribution in [3.8, 4) is 0 Å². The molecule has 0 unspecified atom stereocenters. The minimum atomic E-state index is -0.448. The van der Waals surface area contributed by atoms with E-state index in [1.807, 2.05) is 0 Å². The number of rotatable bonds is 4. The highest BCUT2D eigenvalue weighted by Gasteiger charge is 2.11. The lowest BCUT2D eigenvalue weighted by Gasteiger charge is -2.11. The van der Waals surface area contributed by atoms with Gasteiger partial charge in [-0.3, -0.25) is 10.1 Å². The Labute approximate surface area is 144 Å². The maximum absolute atomic E-state index is 10.8. The van der Waals surface area contributed by atoms with E-state index < -0.39 is 4.92 Å². The minimum absolute atomic E-state index is 0.00877. The summed E-state index contributed by atoms with van der Waals surface area (Å²) >= 11 is 21.2. The van der Waals surface area contributed by atoms with Gasteiger partial charge in [0, 0.05) is 28.2 Å². The third kappa shape index (κ3) is 4.23. The molecular weight excluding hydrogens is 402 g/mol. The van der Waals surface area contributed by atoms with Crippen LogP contribution in [0, 0.1) is 10.1 Å². The van der Waals surface area contributed by atoms with Crippen LogP contribution in [0.2, 0.25) is 15.1 Å². The van der Waals surface area contributed by atoms with Crippen LogP contribution in [0.25, 0.3) is 0 Å². The average Bonchev–Trinajstić information content (AvgIpc) is 2.36. The Morgan fingerprint density at radius 2 is 1.71 bits per heavy atom. The minimum Gasteiger partial charge on any atom is -0.379 e. The van der Waals surface area contributed by atoms with Crippen molar-refractivity contribution in [1.82, 2.24) is 0 Å². The number of anilines is 1. The molecule has 0 fully saturated rings. The highest BCUT2D eigenvalue weighted by Crippen LogP contribution is 2.34. The summed E-state index contributed by atoms with van der Waals surface area (Å²) in [5.74, 6) is 0. The Hall–Kier alpha value is -1.01. The van der Waals surface area contributed by atoms with E-state index in [-0.39, 0.29) is 5.69 Å². The molecule has 2 rings (SSSR count). The summed E-state index contributed by atoms with van der Waals surface area (Å²) in [5, 5.41) is 15.1. The number of benzene rings is 2. The van der Waals surface area contributed by atoms with Crippen molar-refractivity contribution in [1.29, 1.82) is 0 Å². The van der Waals surface area contributed by atoms with Crippen molar-refractivity contribution >= 4 is 62.1 Å². The van der Waals surface area contributed by atoms with Crippen LogP contribution >= 0.6 is 50.7 Å². The summed E-state index contributed by atoms with van der Waals surface area (Å²) in [6.07, 6.45) is 0. The van der Waals surface area contributed by atoms with Gasteiger partial charge in [-0.2, -0.15) is 0 Å². The van der Waals surface area contributed by atoms with Crippen LogP contribution in [0.3, 0.4) is 0 Å². The Bertz CT molecular complexity index is 687. The molecule has 0 atom stereocenters. The van der Waals surface area contributed by atoms with Gasteiger partial charge in [-0.05, 0) is 23.8 Å². The highest BCUT2D eigenvalue weighted by atomic mass is 79.9. The predicted molar refractivity (Wildman–Crippen MR) is 89.6 cm³/mol. The molecule has 110 valence electrons. The van der Waals surface area contributed by atoms with Gasteiger partial charge in [0.1, 0.15) is 0 Å². The number of hydrogen-bond donors (Lipinski definition) is 1. The van der Waals surface area contributed by atoms with Crippen molar-refractivity contribution in [2.24, 2.45) is 0 Å². The summed E-state index contributed by atoms with van der Waals surface area (Å²) in [6.45, 7) is 0.335. The van der Waals surface area contributed by atoms with Gasteiger partial charge in [0.2, 0.25) is 0 Å². The van der Waals surface area contributed by atoms with Crippen molar-refractivity contribution in [3.63, 3.8) is 0 Å². The standard InChI is InChI=1S/C13H8BrCl3N2O2/c14-8-1-7(2-10(3-8)19(20)21)6-18-13-11(16)4-9(15)5-12(13)17/h1-5,18H,6H2. The second-order valence-corrected chi connectivity index (χ2v) is 6.34. The molecule has 0 saturated carbocycles. The van der Waals surface area contributed by atoms with E-state index in [0.29, 0.717) is 31.8 Å². The molecule has 4 nitrogen and oxygen atoms in total. The maximum Gasteiger partial charge on any atom is 0.270 e. The number of nitro benzene ring substituents is 1. The lowest BCUT2D eigenvalue weighted by atomic mass is 10.2. The molecule has 0 amide bonds. The van der Waals surface area contributed by atoms with Crippen LogP contribution in [-0.2, 0) is 6.54 Å². The summed E-state index contributed by atoms with van der Waals surface area (Å²) in [5.41, 5.74) is 1.26. The first-order chi connectivity index (χ1) is 9.86. The van der Waals surface area contributed by atoms with Crippen molar-refractivity contribution in [2.45, 2.75) is 6.54 Å². The molecule has 0 bridgehead atoms. The Morgan fingerprint density at radius 1 is 1.10 bits per heavy atom. The first kappa shape index (κ1) is 16.4. The van der Waals surface area contributed by atoms with Crippen molar-refractivity contribution in [2.75, 3.05) is 5.32 Å². The molecule has 0 aliphatic heterocycles. The van der Waals surface area contributed by atoms with Crippen molar-refractivity contribution in [3.05, 3.63) is 65.6 Å². The van der Waals surface area contributed by atoms with Gasteiger partial charge in [0.05, 0.1) is 20.7 Å². The van der Waals surface area contributed by atoms with Crippen LogP contribution in [-0.4, -0.2) is 4.92 Å². The molecule has 0 spiro atoms. The zero-order valence-corrected chi connectivity index (χ0v) is 14.2. The van der Waals surface area contributed by atoms with Crippen molar-refractivity contribution < 1.29 is 4.92 Å². The summed E-state index contributed by atoms with van der Waals surface area (Å²) < 4.78 is 0.627. The monoisotopic (exact) mass is 408 g/mol. The molecule has 0 saturated heterocycles. The number of hydrogen-bond acceptors (Lipinski definition) is 3. The van der Waals surface area contributed by atoms with Gasteiger partial charge in [-0.25, -0.2) is 0 Å². The fraction of sp³-hybridized carbons (Fsp3) is 0.0769. The van der Waals surface area contributed by atoms with Gasteiger partial charge in [-0.15, -0.1) is 0 Å². The molecule has 0 aliphatic carbocycles. The first-order valence-electron chi connectivity index (χ1n) is 5.69. The molecule has 1 N–H and O–H groups in total. The zero-order chi connectivity index (χ0) is 15.6. The molecular formula is C13H8BrCl3N2O2. The topological polar surface area (TPSA) is 55.2 Å². The maximum atomic E-state index is 10.8. The fourth-order valence-corrected chi connectivity index (χ4v) is 3.22. The largest absolute Gasteiger partial charge is 0.379 e. The summed E-state index contributed by atoms with van der Waals surface area (Å²) in [7, 11) is 0. The Balaban J connectivity index is 2.23.